The zero-order chi connectivity index (χ0) is 13.5. The molecule has 5 nitrogen and oxygen atoms in total. The zero-order valence-corrected chi connectivity index (χ0v) is 9.74. The number of phenols is 1. The number of halogens is 1. The van der Waals surface area contributed by atoms with Gasteiger partial charge in [-0.1, -0.05) is 24.3 Å². The average molecular weight is 269 g/mol. The molecule has 1 amide bonds. The number of fused-ring (bicyclic) bond motifs is 1. The van der Waals surface area contributed by atoms with Crippen molar-refractivity contribution in [2.75, 3.05) is 0 Å². The summed E-state index contributed by atoms with van der Waals surface area (Å²) in [6.07, 6.45) is 0. The predicted octanol–water partition coefficient (Wildman–Crippen LogP) is 1.30. The van der Waals surface area contributed by atoms with Crippen LogP contribution in [0.1, 0.15) is 10.4 Å². The van der Waals surface area contributed by atoms with E-state index >= 15 is 0 Å². The quantitative estimate of drug-likeness (QED) is 0.803. The molecule has 94 valence electrons. The number of hydrogen-bond donors (Lipinski definition) is 2. The van der Waals surface area contributed by atoms with Gasteiger partial charge in [0, 0.05) is 10.8 Å². The van der Waals surface area contributed by atoms with E-state index in [0.717, 1.165) is 6.07 Å². The van der Waals surface area contributed by atoms with Crippen LogP contribution in [0.3, 0.4) is 0 Å². The minimum Gasteiger partial charge on any atom is -0.506 e. The Morgan fingerprint density at radius 1 is 1.22 bits per heavy atom. The highest BCUT2D eigenvalue weighted by Crippen LogP contribution is 2.34. The maximum absolute atomic E-state index is 13.2. The molecule has 0 saturated carbocycles. The van der Waals surface area contributed by atoms with Gasteiger partial charge in [-0.3, -0.25) is 4.79 Å². The van der Waals surface area contributed by atoms with Gasteiger partial charge in [0.15, 0.2) is 0 Å². The van der Waals surface area contributed by atoms with Gasteiger partial charge in [0.05, 0.1) is 5.56 Å². The molecule has 0 spiro atoms. The Kier molecular flexibility index (Phi) is 2.70. The first kappa shape index (κ1) is 12.3. The summed E-state index contributed by atoms with van der Waals surface area (Å²) in [6.45, 7) is 0. The molecule has 0 aromatic heterocycles. The molecule has 0 radical (unpaired) electrons. The Bertz CT molecular complexity index is 755. The predicted molar refractivity (Wildman–Crippen MR) is 62.4 cm³/mol. The number of hydrogen-bond acceptors (Lipinski definition) is 4. The van der Waals surface area contributed by atoms with Gasteiger partial charge < -0.3 is 10.8 Å². The second-order valence-corrected chi connectivity index (χ2v) is 4.93. The van der Waals surface area contributed by atoms with E-state index in [4.69, 9.17) is 5.73 Å². The molecule has 2 aromatic rings. The Labute approximate surface area is 102 Å². The number of benzene rings is 2. The number of amides is 1. The normalized spacial score (nSPS) is 11.6. The first-order valence-electron chi connectivity index (χ1n) is 4.81. The number of nitrogens with two attached hydrogens (primary N) is 1. The van der Waals surface area contributed by atoms with Crippen LogP contribution < -0.4 is 5.73 Å². The monoisotopic (exact) mass is 269 g/mol. The Morgan fingerprint density at radius 2 is 1.78 bits per heavy atom. The third-order valence-corrected chi connectivity index (χ3v) is 3.37. The minimum absolute atomic E-state index is 0.0116. The fourth-order valence-electron chi connectivity index (χ4n) is 1.72. The molecule has 7 heteroatoms. The summed E-state index contributed by atoms with van der Waals surface area (Å²) in [7, 11) is -5.02. The van der Waals surface area contributed by atoms with Crippen LogP contribution in [0.5, 0.6) is 5.75 Å². The van der Waals surface area contributed by atoms with Crippen molar-refractivity contribution in [3.63, 3.8) is 0 Å². The van der Waals surface area contributed by atoms with Gasteiger partial charge in [0.25, 0.3) is 5.91 Å². The van der Waals surface area contributed by atoms with Crippen molar-refractivity contribution < 1.29 is 22.2 Å². The van der Waals surface area contributed by atoms with Crippen LogP contribution in [-0.4, -0.2) is 19.4 Å². The van der Waals surface area contributed by atoms with Crippen LogP contribution >= 0.6 is 0 Å². The number of carbonyl (C=O) groups excluding carboxylic acids is 1. The zero-order valence-electron chi connectivity index (χ0n) is 8.92. The lowest BCUT2D eigenvalue weighted by molar-refractivity contribution is 0.0998. The lowest BCUT2D eigenvalue weighted by atomic mass is 10.0. The van der Waals surface area contributed by atoms with E-state index in [2.05, 4.69) is 0 Å². The maximum atomic E-state index is 13.2. The summed E-state index contributed by atoms with van der Waals surface area (Å²) in [5.74, 6) is -1.51. The molecule has 0 aliphatic heterocycles. The molecule has 2 aromatic carbocycles. The van der Waals surface area contributed by atoms with Gasteiger partial charge in [-0.05, 0) is 6.07 Å². The van der Waals surface area contributed by atoms with E-state index in [9.17, 15) is 22.2 Å². The van der Waals surface area contributed by atoms with Crippen molar-refractivity contribution in [1.29, 1.82) is 0 Å². The Morgan fingerprint density at radius 3 is 2.28 bits per heavy atom. The lowest BCUT2D eigenvalue weighted by Crippen LogP contribution is -2.12. The fraction of sp³-hybridized carbons (Fsp3) is 0. The molecular weight excluding hydrogens is 261 g/mol. The lowest BCUT2D eigenvalue weighted by Gasteiger charge is -2.08. The third-order valence-electron chi connectivity index (χ3n) is 2.51. The van der Waals surface area contributed by atoms with Gasteiger partial charge in [-0.15, -0.1) is 3.89 Å². The summed E-state index contributed by atoms with van der Waals surface area (Å²) in [5.41, 5.74) is 4.56. The summed E-state index contributed by atoms with van der Waals surface area (Å²) < 4.78 is 35.2. The Hall–Kier alpha value is -2.15. The van der Waals surface area contributed by atoms with Crippen LogP contribution in [0.2, 0.25) is 0 Å². The highest BCUT2D eigenvalue weighted by atomic mass is 32.3. The van der Waals surface area contributed by atoms with Gasteiger partial charge in [0.1, 0.15) is 10.6 Å². The molecule has 0 atom stereocenters. The molecule has 0 aliphatic rings. The summed E-state index contributed by atoms with van der Waals surface area (Å²) in [5, 5.41) is 9.83. The van der Waals surface area contributed by atoms with Crippen LogP contribution in [-0.2, 0) is 10.2 Å². The summed E-state index contributed by atoms with van der Waals surface area (Å²) in [6, 6.07) is 6.43. The summed E-state index contributed by atoms with van der Waals surface area (Å²) >= 11 is 0. The molecule has 0 bridgehead atoms. The standard InChI is InChI=1S/C11H8FNO4S/c12-18(16,17)9-5-8(11(13)15)10(14)7-4-2-1-3-6(7)9/h1-5,14H,(H2,13,15). The first-order chi connectivity index (χ1) is 8.32. The van der Waals surface area contributed by atoms with Crippen molar-refractivity contribution >= 4 is 26.9 Å². The van der Waals surface area contributed by atoms with Crippen molar-refractivity contribution in [3.05, 3.63) is 35.9 Å². The minimum atomic E-state index is -5.02. The Balaban J connectivity index is 3.03. The van der Waals surface area contributed by atoms with Crippen LogP contribution in [0.25, 0.3) is 10.8 Å². The van der Waals surface area contributed by atoms with Crippen LogP contribution in [0, 0.1) is 0 Å². The van der Waals surface area contributed by atoms with Crippen LogP contribution in [0.4, 0.5) is 3.89 Å². The average Bonchev–Trinajstić information content (AvgIpc) is 2.27. The van der Waals surface area contributed by atoms with E-state index in [-0.39, 0.29) is 10.8 Å². The summed E-state index contributed by atoms with van der Waals surface area (Å²) in [4.78, 5) is 10.4. The van der Waals surface area contributed by atoms with Crippen molar-refractivity contribution in [3.8, 4) is 5.75 Å². The second kappa shape index (κ2) is 3.95. The molecule has 0 aliphatic carbocycles. The third kappa shape index (κ3) is 1.88. The van der Waals surface area contributed by atoms with Gasteiger partial charge in [-0.2, -0.15) is 8.42 Å². The highest BCUT2D eigenvalue weighted by molar-refractivity contribution is 7.86. The van der Waals surface area contributed by atoms with Crippen molar-refractivity contribution in [2.24, 2.45) is 5.73 Å². The van der Waals surface area contributed by atoms with E-state index in [1.54, 1.807) is 0 Å². The van der Waals surface area contributed by atoms with Gasteiger partial charge in [0.2, 0.25) is 0 Å². The SMILES string of the molecule is NC(=O)c1cc(S(=O)(=O)F)c2ccccc2c1O. The topological polar surface area (TPSA) is 97.5 Å². The molecule has 0 saturated heterocycles. The van der Waals surface area contributed by atoms with Crippen molar-refractivity contribution in [1.82, 2.24) is 0 Å². The van der Waals surface area contributed by atoms with E-state index in [1.165, 1.54) is 24.3 Å². The molecule has 18 heavy (non-hydrogen) atoms. The number of carbonyl (C=O) groups is 1. The van der Waals surface area contributed by atoms with Crippen molar-refractivity contribution in [2.45, 2.75) is 4.90 Å². The fourth-order valence-corrected chi connectivity index (χ4v) is 2.42. The molecular formula is C11H8FNO4S. The molecule has 3 N–H and O–H groups in total. The van der Waals surface area contributed by atoms with E-state index in [0.29, 0.717) is 0 Å². The van der Waals surface area contributed by atoms with Gasteiger partial charge in [-0.25, -0.2) is 0 Å². The number of primary amides is 1. The second-order valence-electron chi connectivity index (χ2n) is 3.62. The highest BCUT2D eigenvalue weighted by Gasteiger charge is 2.22. The van der Waals surface area contributed by atoms with Crippen LogP contribution in [0.15, 0.2) is 35.2 Å². The number of rotatable bonds is 2. The van der Waals surface area contributed by atoms with Gasteiger partial charge >= 0.3 is 10.2 Å². The molecule has 2 rings (SSSR count). The number of aromatic hydroxyl groups is 1. The first-order valence-corrected chi connectivity index (χ1v) is 6.20. The van der Waals surface area contributed by atoms with E-state index in [1.807, 2.05) is 0 Å². The smallest absolute Gasteiger partial charge is 0.332 e. The largest absolute Gasteiger partial charge is 0.506 e. The molecule has 0 fully saturated rings. The molecule has 0 heterocycles. The maximum Gasteiger partial charge on any atom is 0.332 e. The van der Waals surface area contributed by atoms with E-state index < -0.39 is 32.3 Å². The molecule has 0 unspecified atom stereocenters.